The van der Waals surface area contributed by atoms with E-state index in [-0.39, 0.29) is 41.3 Å². The van der Waals surface area contributed by atoms with Crippen LogP contribution in [-0.4, -0.2) is 22.8 Å². The van der Waals surface area contributed by atoms with Crippen LogP contribution in [0.3, 0.4) is 0 Å². The zero-order chi connectivity index (χ0) is 21.5. The highest BCUT2D eigenvalue weighted by Gasteiger charge is 2.46. The van der Waals surface area contributed by atoms with Gasteiger partial charge in [0, 0.05) is 12.0 Å². The third kappa shape index (κ3) is 3.34. The lowest BCUT2D eigenvalue weighted by Gasteiger charge is -2.34. The highest BCUT2D eigenvalue weighted by Crippen LogP contribution is 2.45. The Morgan fingerprint density at radius 1 is 0.742 bits per heavy atom. The number of imide groups is 1. The first-order valence-corrected chi connectivity index (χ1v) is 10.5. The fourth-order valence-corrected chi connectivity index (χ4v) is 5.27. The molecule has 1 aliphatic carbocycles. The summed E-state index contributed by atoms with van der Waals surface area (Å²) >= 11 is 0. The van der Waals surface area contributed by atoms with Gasteiger partial charge in [-0.3, -0.25) is 14.5 Å². The Morgan fingerprint density at radius 3 is 1.81 bits per heavy atom. The summed E-state index contributed by atoms with van der Waals surface area (Å²) in [5.41, 5.74) is 2.29. The quantitative estimate of drug-likeness (QED) is 0.521. The fraction of sp³-hybridized carbons (Fsp3) is 0.231. The number of carbonyl (C=O) groups is 2. The lowest BCUT2D eigenvalue weighted by molar-refractivity contribution is 0.0541. The van der Waals surface area contributed by atoms with Crippen molar-refractivity contribution in [2.75, 3.05) is 0 Å². The average Bonchev–Trinajstić information content (AvgIpc) is 3.32. The van der Waals surface area contributed by atoms with Gasteiger partial charge in [-0.05, 0) is 66.3 Å². The number of benzene rings is 3. The minimum Gasteiger partial charge on any atom is -0.271 e. The lowest BCUT2D eigenvalue weighted by Crippen LogP contribution is -2.43. The van der Waals surface area contributed by atoms with Gasteiger partial charge in [0.15, 0.2) is 0 Å². The predicted octanol–water partition coefficient (Wildman–Crippen LogP) is 5.56. The Hall–Kier alpha value is -3.34. The second kappa shape index (κ2) is 7.73. The van der Waals surface area contributed by atoms with E-state index in [1.165, 1.54) is 29.2 Å². The molecular weight excluding hydrogens is 396 g/mol. The summed E-state index contributed by atoms with van der Waals surface area (Å²) in [7, 11) is 0. The van der Waals surface area contributed by atoms with Crippen molar-refractivity contribution in [1.82, 2.24) is 4.90 Å². The molecule has 2 aliphatic rings. The van der Waals surface area contributed by atoms with Gasteiger partial charge in [0.25, 0.3) is 11.8 Å². The molecule has 2 unspecified atom stereocenters. The van der Waals surface area contributed by atoms with Crippen LogP contribution in [0.1, 0.15) is 57.0 Å². The normalized spacial score (nSPS) is 20.5. The van der Waals surface area contributed by atoms with Gasteiger partial charge < -0.3 is 0 Å². The molecule has 2 amide bonds. The Kier molecular flexibility index (Phi) is 4.89. The van der Waals surface area contributed by atoms with Crippen LogP contribution in [0.4, 0.5) is 8.78 Å². The van der Waals surface area contributed by atoms with Gasteiger partial charge in [-0.25, -0.2) is 8.78 Å². The Bertz CT molecular complexity index is 1090. The third-order valence-corrected chi connectivity index (χ3v) is 6.53. The van der Waals surface area contributed by atoms with Crippen LogP contribution in [-0.2, 0) is 0 Å². The summed E-state index contributed by atoms with van der Waals surface area (Å²) in [6.45, 7) is 0. The molecule has 0 N–H and O–H groups in total. The van der Waals surface area contributed by atoms with Crippen LogP contribution in [0.25, 0.3) is 0 Å². The molecule has 3 aromatic carbocycles. The van der Waals surface area contributed by atoms with E-state index in [9.17, 15) is 18.4 Å². The van der Waals surface area contributed by atoms with Crippen LogP contribution < -0.4 is 0 Å². The summed E-state index contributed by atoms with van der Waals surface area (Å²) in [4.78, 5) is 27.6. The number of rotatable bonds is 4. The maximum absolute atomic E-state index is 14.1. The van der Waals surface area contributed by atoms with Crippen molar-refractivity contribution in [2.24, 2.45) is 5.92 Å². The van der Waals surface area contributed by atoms with Gasteiger partial charge in [0.05, 0.1) is 11.1 Å². The molecule has 0 saturated heterocycles. The maximum atomic E-state index is 14.1. The van der Waals surface area contributed by atoms with Crippen LogP contribution in [0.2, 0.25) is 0 Å². The summed E-state index contributed by atoms with van der Waals surface area (Å²) < 4.78 is 28.2. The number of hydrogen-bond donors (Lipinski definition) is 0. The standard InChI is InChI=1S/C26H21F2NO2/c27-18-8-3-6-16(14-18)24(17-7-4-9-19(28)15-17)22-12-5-13-23(22)29-25(30)20-10-1-2-11-21(20)26(29)31/h1-4,6-11,14-15,22-24H,5,12-13H2. The molecule has 3 aromatic rings. The van der Waals surface area contributed by atoms with E-state index in [4.69, 9.17) is 0 Å². The van der Waals surface area contributed by atoms with Crippen molar-refractivity contribution in [3.63, 3.8) is 0 Å². The molecule has 1 heterocycles. The molecule has 1 fully saturated rings. The minimum absolute atomic E-state index is 0.134. The van der Waals surface area contributed by atoms with Crippen LogP contribution >= 0.6 is 0 Å². The average molecular weight is 417 g/mol. The van der Waals surface area contributed by atoms with Gasteiger partial charge in [0.2, 0.25) is 0 Å². The molecule has 2 atom stereocenters. The minimum atomic E-state index is -0.366. The molecular formula is C26H21F2NO2. The van der Waals surface area contributed by atoms with E-state index in [1.54, 1.807) is 36.4 Å². The molecule has 5 heteroatoms. The van der Waals surface area contributed by atoms with Gasteiger partial charge in [-0.15, -0.1) is 0 Å². The van der Waals surface area contributed by atoms with E-state index in [0.717, 1.165) is 24.0 Å². The zero-order valence-electron chi connectivity index (χ0n) is 16.8. The smallest absolute Gasteiger partial charge is 0.261 e. The molecule has 0 bridgehead atoms. The second-order valence-electron chi connectivity index (χ2n) is 8.28. The first-order valence-electron chi connectivity index (χ1n) is 10.5. The van der Waals surface area contributed by atoms with E-state index in [0.29, 0.717) is 17.5 Å². The Morgan fingerprint density at radius 2 is 1.29 bits per heavy atom. The van der Waals surface area contributed by atoms with Crippen LogP contribution in [0.5, 0.6) is 0 Å². The van der Waals surface area contributed by atoms with E-state index >= 15 is 0 Å². The van der Waals surface area contributed by atoms with Crippen molar-refractivity contribution < 1.29 is 18.4 Å². The molecule has 5 rings (SSSR count). The summed E-state index contributed by atoms with van der Waals surface area (Å²) in [5, 5.41) is 0. The largest absolute Gasteiger partial charge is 0.271 e. The number of fused-ring (bicyclic) bond motifs is 1. The molecule has 156 valence electrons. The van der Waals surface area contributed by atoms with Gasteiger partial charge in [-0.2, -0.15) is 0 Å². The number of nitrogens with zero attached hydrogens (tertiary/aromatic N) is 1. The first kappa shape index (κ1) is 19.6. The van der Waals surface area contributed by atoms with Gasteiger partial charge >= 0.3 is 0 Å². The van der Waals surface area contributed by atoms with E-state index in [1.807, 2.05) is 12.1 Å². The van der Waals surface area contributed by atoms with E-state index < -0.39 is 0 Å². The highest BCUT2D eigenvalue weighted by atomic mass is 19.1. The monoisotopic (exact) mass is 417 g/mol. The van der Waals surface area contributed by atoms with Crippen molar-refractivity contribution >= 4 is 11.8 Å². The second-order valence-corrected chi connectivity index (χ2v) is 8.28. The van der Waals surface area contributed by atoms with Gasteiger partial charge in [-0.1, -0.05) is 42.8 Å². The topological polar surface area (TPSA) is 37.4 Å². The third-order valence-electron chi connectivity index (χ3n) is 6.53. The molecule has 0 spiro atoms. The summed E-state index contributed by atoms with van der Waals surface area (Å²) in [6.07, 6.45) is 2.27. The molecule has 3 nitrogen and oxygen atoms in total. The molecule has 31 heavy (non-hydrogen) atoms. The molecule has 0 aromatic heterocycles. The number of hydrogen-bond acceptors (Lipinski definition) is 2. The first-order chi connectivity index (χ1) is 15.0. The summed E-state index contributed by atoms with van der Waals surface area (Å²) in [6, 6.07) is 19.2. The fourth-order valence-electron chi connectivity index (χ4n) is 5.27. The molecule has 0 radical (unpaired) electrons. The zero-order valence-corrected chi connectivity index (χ0v) is 16.8. The van der Waals surface area contributed by atoms with E-state index in [2.05, 4.69) is 0 Å². The Balaban J connectivity index is 1.58. The Labute approximate surface area is 179 Å². The van der Waals surface area contributed by atoms with Crippen molar-refractivity contribution in [1.29, 1.82) is 0 Å². The lowest BCUT2D eigenvalue weighted by atomic mass is 9.77. The van der Waals surface area contributed by atoms with Crippen molar-refractivity contribution in [2.45, 2.75) is 31.2 Å². The van der Waals surface area contributed by atoms with Gasteiger partial charge in [0.1, 0.15) is 11.6 Å². The predicted molar refractivity (Wildman–Crippen MR) is 113 cm³/mol. The number of amides is 2. The number of carbonyl (C=O) groups excluding carboxylic acids is 2. The van der Waals surface area contributed by atoms with Crippen molar-refractivity contribution in [3.8, 4) is 0 Å². The van der Waals surface area contributed by atoms with Crippen molar-refractivity contribution in [3.05, 3.63) is 107 Å². The number of halogens is 2. The SMILES string of the molecule is O=C1c2ccccc2C(=O)N1C1CCCC1C(c1cccc(F)c1)c1cccc(F)c1. The molecule has 1 aliphatic heterocycles. The van der Waals surface area contributed by atoms with Crippen LogP contribution in [0.15, 0.2) is 72.8 Å². The highest BCUT2D eigenvalue weighted by molar-refractivity contribution is 6.21. The summed E-state index contributed by atoms with van der Waals surface area (Å²) in [5.74, 6) is -1.76. The van der Waals surface area contributed by atoms with Crippen LogP contribution in [0, 0.1) is 17.6 Å². The maximum Gasteiger partial charge on any atom is 0.261 e. The molecule has 1 saturated carbocycles.